The molecule has 17 heavy (non-hydrogen) atoms. The highest BCUT2D eigenvalue weighted by molar-refractivity contribution is 9.10. The van der Waals surface area contributed by atoms with Crippen LogP contribution in [0.5, 0.6) is 5.75 Å². The van der Waals surface area contributed by atoms with E-state index in [1.165, 1.54) is 5.56 Å². The first-order chi connectivity index (χ1) is 7.93. The standard InChI is InChI=1S/C13H20BrNO2/c1-7-8(2)13(17-4)11(5-10(16)6-15)9(3)12(7)14/h10,16H,5-6,15H2,1-4H3. The summed E-state index contributed by atoms with van der Waals surface area (Å²) in [5, 5.41) is 9.71. The maximum atomic E-state index is 9.71. The summed E-state index contributed by atoms with van der Waals surface area (Å²) in [6, 6.07) is 0. The Morgan fingerprint density at radius 2 is 1.82 bits per heavy atom. The topological polar surface area (TPSA) is 55.5 Å². The van der Waals surface area contributed by atoms with Crippen molar-refractivity contribution in [3.63, 3.8) is 0 Å². The molecule has 1 aromatic rings. The zero-order valence-corrected chi connectivity index (χ0v) is 12.4. The fourth-order valence-electron chi connectivity index (χ4n) is 1.99. The Morgan fingerprint density at radius 1 is 1.24 bits per heavy atom. The number of hydrogen-bond acceptors (Lipinski definition) is 3. The number of methoxy groups -OCH3 is 1. The number of rotatable bonds is 4. The molecule has 0 aliphatic heterocycles. The lowest BCUT2D eigenvalue weighted by molar-refractivity contribution is 0.182. The zero-order chi connectivity index (χ0) is 13.2. The molecule has 0 saturated carbocycles. The highest BCUT2D eigenvalue weighted by atomic mass is 79.9. The minimum Gasteiger partial charge on any atom is -0.496 e. The Labute approximate surface area is 111 Å². The van der Waals surface area contributed by atoms with Crippen LogP contribution in [0.25, 0.3) is 0 Å². The molecule has 0 aromatic heterocycles. The van der Waals surface area contributed by atoms with Gasteiger partial charge in [0.1, 0.15) is 5.75 Å². The molecule has 4 heteroatoms. The van der Waals surface area contributed by atoms with Gasteiger partial charge in [0, 0.05) is 23.0 Å². The Morgan fingerprint density at radius 3 is 2.29 bits per heavy atom. The van der Waals surface area contributed by atoms with Gasteiger partial charge in [-0.25, -0.2) is 0 Å². The Balaban J connectivity index is 3.36. The van der Waals surface area contributed by atoms with Gasteiger partial charge < -0.3 is 15.6 Å². The first kappa shape index (κ1) is 14.5. The molecule has 96 valence electrons. The van der Waals surface area contributed by atoms with Crippen LogP contribution in [0.3, 0.4) is 0 Å². The average molecular weight is 302 g/mol. The van der Waals surface area contributed by atoms with E-state index in [-0.39, 0.29) is 6.54 Å². The van der Waals surface area contributed by atoms with E-state index < -0.39 is 6.10 Å². The van der Waals surface area contributed by atoms with E-state index >= 15 is 0 Å². The van der Waals surface area contributed by atoms with Gasteiger partial charge in [0.05, 0.1) is 13.2 Å². The quantitative estimate of drug-likeness (QED) is 0.897. The van der Waals surface area contributed by atoms with Crippen molar-refractivity contribution in [2.45, 2.75) is 33.3 Å². The molecular formula is C13H20BrNO2. The Bertz CT molecular complexity index is 419. The van der Waals surface area contributed by atoms with Gasteiger partial charge in [-0.3, -0.25) is 0 Å². The molecule has 0 heterocycles. The van der Waals surface area contributed by atoms with Crippen LogP contribution >= 0.6 is 15.9 Å². The molecule has 3 N–H and O–H groups in total. The molecule has 1 aromatic carbocycles. The van der Waals surface area contributed by atoms with E-state index in [0.717, 1.165) is 26.9 Å². The normalized spacial score (nSPS) is 12.6. The van der Waals surface area contributed by atoms with Crippen LogP contribution in [0.4, 0.5) is 0 Å². The molecule has 0 saturated heterocycles. The zero-order valence-electron chi connectivity index (χ0n) is 10.8. The van der Waals surface area contributed by atoms with Gasteiger partial charge in [0.15, 0.2) is 0 Å². The van der Waals surface area contributed by atoms with Crippen molar-refractivity contribution < 1.29 is 9.84 Å². The second-order valence-corrected chi connectivity index (χ2v) is 5.09. The molecule has 0 fully saturated rings. The molecule has 0 spiro atoms. The maximum Gasteiger partial charge on any atom is 0.125 e. The molecular weight excluding hydrogens is 282 g/mol. The van der Waals surface area contributed by atoms with Gasteiger partial charge in [-0.2, -0.15) is 0 Å². The van der Waals surface area contributed by atoms with Crippen molar-refractivity contribution in [2.24, 2.45) is 5.73 Å². The second-order valence-electron chi connectivity index (χ2n) is 4.29. The number of ether oxygens (including phenoxy) is 1. The van der Waals surface area contributed by atoms with Crippen molar-refractivity contribution in [2.75, 3.05) is 13.7 Å². The lowest BCUT2D eigenvalue weighted by Crippen LogP contribution is -2.23. The summed E-state index contributed by atoms with van der Waals surface area (Å²) < 4.78 is 6.54. The lowest BCUT2D eigenvalue weighted by Gasteiger charge is -2.20. The van der Waals surface area contributed by atoms with Gasteiger partial charge in [-0.05, 0) is 37.5 Å². The fraction of sp³-hybridized carbons (Fsp3) is 0.538. The van der Waals surface area contributed by atoms with E-state index in [0.29, 0.717) is 6.42 Å². The maximum absolute atomic E-state index is 9.71. The van der Waals surface area contributed by atoms with Crippen molar-refractivity contribution >= 4 is 15.9 Å². The highest BCUT2D eigenvalue weighted by Crippen LogP contribution is 2.36. The van der Waals surface area contributed by atoms with Crippen molar-refractivity contribution in [3.8, 4) is 5.75 Å². The van der Waals surface area contributed by atoms with Gasteiger partial charge in [0.2, 0.25) is 0 Å². The predicted octanol–water partition coefficient (Wildman–Crippen LogP) is 2.25. The number of aliphatic hydroxyl groups excluding tert-OH is 1. The van der Waals surface area contributed by atoms with Crippen molar-refractivity contribution in [3.05, 3.63) is 26.7 Å². The summed E-state index contributed by atoms with van der Waals surface area (Å²) >= 11 is 3.59. The molecule has 0 aliphatic carbocycles. The molecule has 1 atom stereocenters. The predicted molar refractivity (Wildman–Crippen MR) is 73.7 cm³/mol. The van der Waals surface area contributed by atoms with Gasteiger partial charge in [0.25, 0.3) is 0 Å². The molecule has 3 nitrogen and oxygen atoms in total. The molecule has 0 radical (unpaired) electrons. The summed E-state index contributed by atoms with van der Waals surface area (Å²) in [5.74, 6) is 0.857. The smallest absolute Gasteiger partial charge is 0.125 e. The second kappa shape index (κ2) is 5.85. The Kier molecular flexibility index (Phi) is 4.98. The third-order valence-electron chi connectivity index (χ3n) is 3.20. The SMILES string of the molecule is COc1c(C)c(C)c(Br)c(C)c1CC(O)CN. The summed E-state index contributed by atoms with van der Waals surface area (Å²) in [4.78, 5) is 0. The minimum absolute atomic E-state index is 0.257. The van der Waals surface area contributed by atoms with E-state index in [4.69, 9.17) is 10.5 Å². The van der Waals surface area contributed by atoms with Crippen LogP contribution < -0.4 is 10.5 Å². The Hall–Kier alpha value is -0.580. The third-order valence-corrected chi connectivity index (χ3v) is 4.39. The van der Waals surface area contributed by atoms with Gasteiger partial charge >= 0.3 is 0 Å². The molecule has 0 bridgehead atoms. The van der Waals surface area contributed by atoms with Crippen LogP contribution in [0.15, 0.2) is 4.47 Å². The van der Waals surface area contributed by atoms with Gasteiger partial charge in [-0.1, -0.05) is 15.9 Å². The van der Waals surface area contributed by atoms with E-state index in [1.807, 2.05) is 13.8 Å². The van der Waals surface area contributed by atoms with Crippen LogP contribution in [-0.4, -0.2) is 24.9 Å². The number of aliphatic hydroxyl groups is 1. The fourth-order valence-corrected chi connectivity index (χ4v) is 2.52. The number of benzene rings is 1. The molecule has 0 amide bonds. The summed E-state index contributed by atoms with van der Waals surface area (Å²) in [6.45, 7) is 6.36. The third kappa shape index (κ3) is 2.81. The van der Waals surface area contributed by atoms with Crippen LogP contribution in [0.1, 0.15) is 22.3 Å². The molecule has 0 aliphatic rings. The molecule has 1 rings (SSSR count). The van der Waals surface area contributed by atoms with E-state index in [2.05, 4.69) is 22.9 Å². The number of hydrogen-bond donors (Lipinski definition) is 2. The van der Waals surface area contributed by atoms with E-state index in [1.54, 1.807) is 7.11 Å². The number of nitrogens with two attached hydrogens (primary N) is 1. The first-order valence-corrected chi connectivity index (χ1v) is 6.43. The lowest BCUT2D eigenvalue weighted by atomic mass is 9.95. The summed E-state index contributed by atoms with van der Waals surface area (Å²) in [7, 11) is 1.66. The first-order valence-electron chi connectivity index (χ1n) is 5.64. The molecule has 1 unspecified atom stereocenters. The van der Waals surface area contributed by atoms with Crippen molar-refractivity contribution in [1.82, 2.24) is 0 Å². The average Bonchev–Trinajstić information content (AvgIpc) is 2.33. The van der Waals surface area contributed by atoms with E-state index in [9.17, 15) is 5.11 Å². The summed E-state index contributed by atoms with van der Waals surface area (Å²) in [5.41, 5.74) is 9.87. The van der Waals surface area contributed by atoms with Gasteiger partial charge in [-0.15, -0.1) is 0 Å². The van der Waals surface area contributed by atoms with Crippen LogP contribution in [0.2, 0.25) is 0 Å². The summed E-state index contributed by atoms with van der Waals surface area (Å²) in [6.07, 6.45) is -0.0118. The minimum atomic E-state index is -0.531. The van der Waals surface area contributed by atoms with Crippen LogP contribution in [0, 0.1) is 20.8 Å². The highest BCUT2D eigenvalue weighted by Gasteiger charge is 2.18. The number of halogens is 1. The largest absolute Gasteiger partial charge is 0.496 e. The van der Waals surface area contributed by atoms with Crippen molar-refractivity contribution in [1.29, 1.82) is 0 Å². The monoisotopic (exact) mass is 301 g/mol. The van der Waals surface area contributed by atoms with Crippen LogP contribution in [-0.2, 0) is 6.42 Å².